The van der Waals surface area contributed by atoms with Gasteiger partial charge in [-0.2, -0.15) is 4.31 Å². The molecule has 0 bridgehead atoms. The highest BCUT2D eigenvalue weighted by Crippen LogP contribution is 2.26. The second-order valence-electron chi connectivity index (χ2n) is 7.97. The monoisotopic (exact) mass is 549 g/mol. The maximum absolute atomic E-state index is 13.5. The van der Waals surface area contributed by atoms with E-state index < -0.39 is 32.5 Å². The number of hydrogen-bond donors (Lipinski definition) is 1. The predicted molar refractivity (Wildman–Crippen MR) is 142 cm³/mol. The zero-order chi connectivity index (χ0) is 26.5. The number of anilines is 2. The SMILES string of the molecule is CCN(CC)S(=O)(=O)c1ccc(NC(=O)CN(c2cccc(C)c2)S(=O)(=O)c2ccc(Cl)cc2)cc1. The third-order valence-electron chi connectivity index (χ3n) is 5.46. The van der Waals surface area contributed by atoms with Crippen LogP contribution in [0.15, 0.2) is 82.6 Å². The molecule has 192 valence electrons. The second-order valence-corrected chi connectivity index (χ2v) is 12.2. The van der Waals surface area contributed by atoms with Crippen LogP contribution in [0, 0.1) is 6.92 Å². The Hall–Kier alpha value is -2.92. The lowest BCUT2D eigenvalue weighted by Crippen LogP contribution is -2.38. The van der Waals surface area contributed by atoms with E-state index in [1.165, 1.54) is 52.8 Å². The number of nitrogens with one attached hydrogen (secondary N) is 1. The first-order chi connectivity index (χ1) is 17.0. The Morgan fingerprint density at radius 3 is 1.94 bits per heavy atom. The number of aryl methyl sites for hydroxylation is 1. The molecule has 0 unspecified atom stereocenters. The molecule has 0 fully saturated rings. The lowest BCUT2D eigenvalue weighted by Gasteiger charge is -2.24. The number of nitrogens with zero attached hydrogens (tertiary/aromatic N) is 2. The molecular weight excluding hydrogens is 522 g/mol. The summed E-state index contributed by atoms with van der Waals surface area (Å²) in [7, 11) is -7.72. The van der Waals surface area contributed by atoms with E-state index in [0.717, 1.165) is 9.87 Å². The van der Waals surface area contributed by atoms with Crippen molar-refractivity contribution in [2.45, 2.75) is 30.6 Å². The largest absolute Gasteiger partial charge is 0.325 e. The Morgan fingerprint density at radius 2 is 1.39 bits per heavy atom. The first-order valence-electron chi connectivity index (χ1n) is 11.2. The molecular formula is C25H28ClN3O5S2. The summed E-state index contributed by atoms with van der Waals surface area (Å²) in [6, 6.07) is 18.3. The number of carbonyl (C=O) groups is 1. The summed E-state index contributed by atoms with van der Waals surface area (Å²) in [6.07, 6.45) is 0. The molecule has 3 rings (SSSR count). The van der Waals surface area contributed by atoms with Crippen LogP contribution < -0.4 is 9.62 Å². The van der Waals surface area contributed by atoms with Crippen LogP contribution in [-0.2, 0) is 24.8 Å². The van der Waals surface area contributed by atoms with Crippen molar-refractivity contribution in [2.75, 3.05) is 29.3 Å². The molecule has 0 aliphatic carbocycles. The smallest absolute Gasteiger partial charge is 0.264 e. The van der Waals surface area contributed by atoms with Crippen LogP contribution in [0.5, 0.6) is 0 Å². The molecule has 3 aromatic rings. The molecule has 0 saturated carbocycles. The minimum absolute atomic E-state index is 0.00725. The molecule has 0 radical (unpaired) electrons. The topological polar surface area (TPSA) is 104 Å². The van der Waals surface area contributed by atoms with Gasteiger partial charge in [0.15, 0.2) is 0 Å². The van der Waals surface area contributed by atoms with Gasteiger partial charge in [-0.3, -0.25) is 9.10 Å². The van der Waals surface area contributed by atoms with Gasteiger partial charge in [-0.05, 0) is 73.2 Å². The molecule has 0 aliphatic heterocycles. The lowest BCUT2D eigenvalue weighted by atomic mass is 10.2. The fourth-order valence-electron chi connectivity index (χ4n) is 3.59. The van der Waals surface area contributed by atoms with Crippen LogP contribution in [0.4, 0.5) is 11.4 Å². The molecule has 1 amide bonds. The maximum atomic E-state index is 13.5. The molecule has 3 aromatic carbocycles. The molecule has 36 heavy (non-hydrogen) atoms. The number of benzene rings is 3. The van der Waals surface area contributed by atoms with Crippen molar-refractivity contribution in [1.82, 2.24) is 4.31 Å². The highest BCUT2D eigenvalue weighted by molar-refractivity contribution is 7.92. The van der Waals surface area contributed by atoms with E-state index in [0.29, 0.717) is 29.5 Å². The molecule has 0 saturated heterocycles. The van der Waals surface area contributed by atoms with Crippen molar-refractivity contribution in [3.63, 3.8) is 0 Å². The first-order valence-corrected chi connectivity index (χ1v) is 14.5. The predicted octanol–water partition coefficient (Wildman–Crippen LogP) is 4.51. The van der Waals surface area contributed by atoms with Crippen molar-refractivity contribution in [1.29, 1.82) is 0 Å². The highest BCUT2D eigenvalue weighted by atomic mass is 35.5. The highest BCUT2D eigenvalue weighted by Gasteiger charge is 2.27. The van der Waals surface area contributed by atoms with Crippen molar-refractivity contribution in [2.24, 2.45) is 0 Å². The summed E-state index contributed by atoms with van der Waals surface area (Å²) in [4.78, 5) is 13.0. The third kappa shape index (κ3) is 6.25. The van der Waals surface area contributed by atoms with Gasteiger partial charge in [0.05, 0.1) is 15.5 Å². The minimum Gasteiger partial charge on any atom is -0.325 e. The van der Waals surface area contributed by atoms with Crippen LogP contribution in [0.3, 0.4) is 0 Å². The standard InChI is InChI=1S/C25H28ClN3O5S2/c1-4-28(5-2)35(31,32)23-15-11-21(12-16-23)27-25(30)18-29(22-8-6-7-19(3)17-22)36(33,34)24-13-9-20(26)10-14-24/h6-17H,4-5,18H2,1-3H3,(H,27,30). The molecule has 0 aromatic heterocycles. The van der Waals surface area contributed by atoms with Crippen LogP contribution in [0.2, 0.25) is 5.02 Å². The average molecular weight is 550 g/mol. The minimum atomic E-state index is -4.09. The Balaban J connectivity index is 1.86. The van der Waals surface area contributed by atoms with Crippen LogP contribution in [0.25, 0.3) is 0 Å². The van der Waals surface area contributed by atoms with Gasteiger partial charge in [0.1, 0.15) is 6.54 Å². The molecule has 0 atom stereocenters. The van der Waals surface area contributed by atoms with Gasteiger partial charge in [0.2, 0.25) is 15.9 Å². The summed E-state index contributed by atoms with van der Waals surface area (Å²) in [5.41, 5.74) is 1.50. The summed E-state index contributed by atoms with van der Waals surface area (Å²) in [5, 5.41) is 3.04. The van der Waals surface area contributed by atoms with Gasteiger partial charge in [0, 0.05) is 23.8 Å². The van der Waals surface area contributed by atoms with E-state index in [4.69, 9.17) is 11.6 Å². The Bertz CT molecular complexity index is 1420. The molecule has 0 heterocycles. The molecule has 0 spiro atoms. The van der Waals surface area contributed by atoms with Crippen LogP contribution in [0.1, 0.15) is 19.4 Å². The Morgan fingerprint density at radius 1 is 0.833 bits per heavy atom. The Labute approximate surface area is 217 Å². The van der Waals surface area contributed by atoms with Gasteiger partial charge < -0.3 is 5.32 Å². The molecule has 8 nitrogen and oxygen atoms in total. The van der Waals surface area contributed by atoms with E-state index in [1.807, 2.05) is 13.0 Å². The van der Waals surface area contributed by atoms with E-state index in [-0.39, 0.29) is 9.79 Å². The fraction of sp³-hybridized carbons (Fsp3) is 0.240. The molecule has 11 heteroatoms. The van der Waals surface area contributed by atoms with Gasteiger partial charge >= 0.3 is 0 Å². The van der Waals surface area contributed by atoms with Gasteiger partial charge in [-0.1, -0.05) is 37.6 Å². The summed E-state index contributed by atoms with van der Waals surface area (Å²) >= 11 is 5.91. The summed E-state index contributed by atoms with van der Waals surface area (Å²) < 4.78 is 54.6. The van der Waals surface area contributed by atoms with Crippen LogP contribution >= 0.6 is 11.6 Å². The van der Waals surface area contributed by atoms with Crippen molar-refractivity contribution >= 4 is 48.9 Å². The van der Waals surface area contributed by atoms with E-state index in [2.05, 4.69) is 5.32 Å². The molecule has 0 aliphatic rings. The van der Waals surface area contributed by atoms with Gasteiger partial charge in [0.25, 0.3) is 10.0 Å². The number of halogens is 1. The van der Waals surface area contributed by atoms with Gasteiger partial charge in [-0.15, -0.1) is 0 Å². The molecule has 1 N–H and O–H groups in total. The number of amides is 1. The zero-order valence-electron chi connectivity index (χ0n) is 20.2. The summed E-state index contributed by atoms with van der Waals surface area (Å²) in [6.45, 7) is 5.53. The van der Waals surface area contributed by atoms with E-state index in [1.54, 1.807) is 32.0 Å². The Kier molecular flexibility index (Phi) is 8.78. The lowest BCUT2D eigenvalue weighted by molar-refractivity contribution is -0.114. The average Bonchev–Trinajstić information content (AvgIpc) is 2.83. The van der Waals surface area contributed by atoms with E-state index >= 15 is 0 Å². The van der Waals surface area contributed by atoms with Crippen molar-refractivity contribution in [3.05, 3.63) is 83.4 Å². The van der Waals surface area contributed by atoms with Crippen LogP contribution in [-0.4, -0.2) is 46.7 Å². The third-order valence-corrected chi connectivity index (χ3v) is 9.56. The first kappa shape index (κ1) is 27.7. The number of sulfonamides is 2. The second kappa shape index (κ2) is 11.4. The van der Waals surface area contributed by atoms with Crippen molar-refractivity contribution in [3.8, 4) is 0 Å². The maximum Gasteiger partial charge on any atom is 0.264 e. The van der Waals surface area contributed by atoms with Crippen molar-refractivity contribution < 1.29 is 21.6 Å². The summed E-state index contributed by atoms with van der Waals surface area (Å²) in [5.74, 6) is -0.589. The fourth-order valence-corrected chi connectivity index (χ4v) is 6.58. The quantitative estimate of drug-likeness (QED) is 0.400. The number of hydrogen-bond acceptors (Lipinski definition) is 5. The van der Waals surface area contributed by atoms with E-state index in [9.17, 15) is 21.6 Å². The number of carbonyl (C=O) groups excluding carboxylic acids is 1. The zero-order valence-corrected chi connectivity index (χ0v) is 22.6. The number of rotatable bonds is 10. The van der Waals surface area contributed by atoms with Gasteiger partial charge in [-0.25, -0.2) is 16.8 Å². The normalized spacial score (nSPS) is 11.9.